The van der Waals surface area contributed by atoms with Crippen LogP contribution < -0.4 is 4.74 Å². The highest BCUT2D eigenvalue weighted by molar-refractivity contribution is 5.35. The summed E-state index contributed by atoms with van der Waals surface area (Å²) in [4.78, 5) is 4.10. The van der Waals surface area contributed by atoms with E-state index in [1.165, 1.54) is 12.5 Å². The van der Waals surface area contributed by atoms with Crippen LogP contribution in [-0.2, 0) is 5.60 Å². The number of aliphatic hydroxyl groups is 1. The Morgan fingerprint density at radius 2 is 2.22 bits per heavy atom. The molecule has 4 nitrogen and oxygen atoms in total. The molecule has 2 heterocycles. The second kappa shape index (κ2) is 5.23. The number of hydrogen-bond acceptors (Lipinski definition) is 4. The van der Waals surface area contributed by atoms with E-state index in [4.69, 9.17) is 9.15 Å². The zero-order chi connectivity index (χ0) is 13.0. The molecule has 0 fully saturated rings. The second-order valence-corrected chi connectivity index (χ2v) is 4.34. The minimum atomic E-state index is -1.13. The molecule has 0 bridgehead atoms. The van der Waals surface area contributed by atoms with Crippen molar-refractivity contribution in [3.63, 3.8) is 0 Å². The van der Waals surface area contributed by atoms with E-state index in [0.29, 0.717) is 23.5 Å². The number of hydrogen-bond donors (Lipinski definition) is 1. The SMILES string of the molecule is CCCOc1cncc(C(C)(O)c2ccoc2)c1. The van der Waals surface area contributed by atoms with Gasteiger partial charge in [0.15, 0.2) is 0 Å². The van der Waals surface area contributed by atoms with Crippen molar-refractivity contribution in [1.82, 2.24) is 4.98 Å². The average Bonchev–Trinajstić information content (AvgIpc) is 2.91. The summed E-state index contributed by atoms with van der Waals surface area (Å²) in [6, 6.07) is 3.54. The highest BCUT2D eigenvalue weighted by Crippen LogP contribution is 2.30. The van der Waals surface area contributed by atoms with Crippen molar-refractivity contribution >= 4 is 0 Å². The Balaban J connectivity index is 2.27. The van der Waals surface area contributed by atoms with Crippen LogP contribution in [0.5, 0.6) is 5.75 Å². The van der Waals surface area contributed by atoms with Gasteiger partial charge in [-0.15, -0.1) is 0 Å². The number of rotatable bonds is 5. The van der Waals surface area contributed by atoms with Crippen LogP contribution in [0.4, 0.5) is 0 Å². The lowest BCUT2D eigenvalue weighted by molar-refractivity contribution is 0.101. The summed E-state index contributed by atoms with van der Waals surface area (Å²) in [7, 11) is 0. The minimum Gasteiger partial charge on any atom is -0.492 e. The van der Waals surface area contributed by atoms with Crippen LogP contribution in [0, 0.1) is 0 Å². The van der Waals surface area contributed by atoms with Crippen molar-refractivity contribution in [3.05, 3.63) is 48.2 Å². The van der Waals surface area contributed by atoms with Crippen molar-refractivity contribution < 1.29 is 14.3 Å². The molecule has 2 aromatic rings. The smallest absolute Gasteiger partial charge is 0.137 e. The summed E-state index contributed by atoms with van der Waals surface area (Å²) < 4.78 is 10.5. The third-order valence-electron chi connectivity index (χ3n) is 2.83. The van der Waals surface area contributed by atoms with Gasteiger partial charge in [0.2, 0.25) is 0 Å². The Labute approximate surface area is 106 Å². The van der Waals surface area contributed by atoms with Gasteiger partial charge in [-0.05, 0) is 25.5 Å². The molecule has 0 saturated heterocycles. The highest BCUT2D eigenvalue weighted by Gasteiger charge is 2.27. The van der Waals surface area contributed by atoms with Crippen LogP contribution in [0.2, 0.25) is 0 Å². The van der Waals surface area contributed by atoms with Crippen LogP contribution in [-0.4, -0.2) is 16.7 Å². The predicted octanol–water partition coefficient (Wildman–Crippen LogP) is 2.72. The molecular weight excluding hydrogens is 230 g/mol. The third kappa shape index (κ3) is 2.54. The summed E-state index contributed by atoms with van der Waals surface area (Å²) in [5.41, 5.74) is 0.237. The molecule has 0 saturated carbocycles. The lowest BCUT2D eigenvalue weighted by atomic mass is 9.91. The van der Waals surface area contributed by atoms with E-state index < -0.39 is 5.60 Å². The average molecular weight is 247 g/mol. The van der Waals surface area contributed by atoms with E-state index in [1.807, 2.05) is 6.92 Å². The fourth-order valence-electron chi connectivity index (χ4n) is 1.69. The van der Waals surface area contributed by atoms with Crippen molar-refractivity contribution in [1.29, 1.82) is 0 Å². The maximum absolute atomic E-state index is 10.5. The molecule has 0 aliphatic rings. The molecule has 0 aliphatic carbocycles. The first-order chi connectivity index (χ1) is 8.64. The van der Waals surface area contributed by atoms with Crippen molar-refractivity contribution in [2.24, 2.45) is 0 Å². The first-order valence-electron chi connectivity index (χ1n) is 5.98. The van der Waals surface area contributed by atoms with Gasteiger partial charge in [-0.1, -0.05) is 6.92 Å². The Hall–Kier alpha value is -1.81. The molecule has 1 unspecified atom stereocenters. The summed E-state index contributed by atoms with van der Waals surface area (Å²) in [6.45, 7) is 4.39. The summed E-state index contributed by atoms with van der Waals surface area (Å²) in [5, 5.41) is 10.5. The van der Waals surface area contributed by atoms with Gasteiger partial charge in [-0.2, -0.15) is 0 Å². The fourth-order valence-corrected chi connectivity index (χ4v) is 1.69. The van der Waals surface area contributed by atoms with E-state index in [1.54, 1.807) is 31.5 Å². The highest BCUT2D eigenvalue weighted by atomic mass is 16.5. The summed E-state index contributed by atoms with van der Waals surface area (Å²) >= 11 is 0. The maximum atomic E-state index is 10.5. The molecule has 2 rings (SSSR count). The van der Waals surface area contributed by atoms with E-state index >= 15 is 0 Å². The van der Waals surface area contributed by atoms with Crippen molar-refractivity contribution in [2.45, 2.75) is 25.9 Å². The van der Waals surface area contributed by atoms with E-state index in [0.717, 1.165) is 6.42 Å². The Bertz CT molecular complexity index is 492. The molecule has 1 N–H and O–H groups in total. The quantitative estimate of drug-likeness (QED) is 0.882. The van der Waals surface area contributed by atoms with E-state index in [9.17, 15) is 5.11 Å². The Morgan fingerprint density at radius 1 is 1.39 bits per heavy atom. The first kappa shape index (κ1) is 12.6. The van der Waals surface area contributed by atoms with Gasteiger partial charge in [-0.3, -0.25) is 4.98 Å². The molecule has 1 atom stereocenters. The summed E-state index contributed by atoms with van der Waals surface area (Å²) in [6.07, 6.45) is 7.27. The molecule has 0 spiro atoms. The molecule has 0 radical (unpaired) electrons. The molecule has 0 aromatic carbocycles. The van der Waals surface area contributed by atoms with Crippen LogP contribution in [0.1, 0.15) is 31.4 Å². The zero-order valence-electron chi connectivity index (χ0n) is 10.6. The normalized spacial score (nSPS) is 14.2. The zero-order valence-corrected chi connectivity index (χ0v) is 10.6. The van der Waals surface area contributed by atoms with Gasteiger partial charge in [0.25, 0.3) is 0 Å². The topological polar surface area (TPSA) is 55.5 Å². The number of aromatic nitrogens is 1. The van der Waals surface area contributed by atoms with Gasteiger partial charge < -0.3 is 14.3 Å². The predicted molar refractivity (Wildman–Crippen MR) is 67.4 cm³/mol. The van der Waals surface area contributed by atoms with Crippen molar-refractivity contribution in [2.75, 3.05) is 6.61 Å². The largest absolute Gasteiger partial charge is 0.492 e. The fraction of sp³-hybridized carbons (Fsp3) is 0.357. The Kier molecular flexibility index (Phi) is 3.67. The number of nitrogens with zero attached hydrogens (tertiary/aromatic N) is 1. The Morgan fingerprint density at radius 3 is 2.89 bits per heavy atom. The molecule has 0 amide bonds. The lowest BCUT2D eigenvalue weighted by Gasteiger charge is -2.22. The molecular formula is C14H17NO3. The number of pyridine rings is 1. The molecule has 0 aliphatic heterocycles. The van der Waals surface area contributed by atoms with Crippen LogP contribution >= 0.6 is 0 Å². The standard InChI is InChI=1S/C14H17NO3/c1-3-5-18-13-7-12(8-15-9-13)14(2,16)11-4-6-17-10-11/h4,6-10,16H,3,5H2,1-2H3. The lowest BCUT2D eigenvalue weighted by Crippen LogP contribution is -2.22. The van der Waals surface area contributed by atoms with Crippen LogP contribution in [0.25, 0.3) is 0 Å². The number of furan rings is 1. The van der Waals surface area contributed by atoms with E-state index in [2.05, 4.69) is 4.98 Å². The minimum absolute atomic E-state index is 0.638. The van der Waals surface area contributed by atoms with Gasteiger partial charge >= 0.3 is 0 Å². The maximum Gasteiger partial charge on any atom is 0.137 e. The van der Waals surface area contributed by atoms with Crippen molar-refractivity contribution in [3.8, 4) is 5.75 Å². The second-order valence-electron chi connectivity index (χ2n) is 4.34. The van der Waals surface area contributed by atoms with Crippen LogP contribution in [0.3, 0.4) is 0 Å². The van der Waals surface area contributed by atoms with Crippen LogP contribution in [0.15, 0.2) is 41.5 Å². The first-order valence-corrected chi connectivity index (χ1v) is 5.98. The van der Waals surface area contributed by atoms with Gasteiger partial charge in [0, 0.05) is 17.3 Å². The molecule has 4 heteroatoms. The molecule has 96 valence electrons. The van der Waals surface area contributed by atoms with Gasteiger partial charge in [0.05, 0.1) is 25.3 Å². The van der Waals surface area contributed by atoms with E-state index in [-0.39, 0.29) is 0 Å². The summed E-state index contributed by atoms with van der Waals surface area (Å²) in [5.74, 6) is 0.665. The third-order valence-corrected chi connectivity index (χ3v) is 2.83. The number of ether oxygens (including phenoxy) is 1. The van der Waals surface area contributed by atoms with Gasteiger partial charge in [0.1, 0.15) is 11.4 Å². The van der Waals surface area contributed by atoms with Gasteiger partial charge in [-0.25, -0.2) is 0 Å². The molecule has 18 heavy (non-hydrogen) atoms. The molecule has 2 aromatic heterocycles. The monoisotopic (exact) mass is 247 g/mol.